The fourth-order valence-electron chi connectivity index (χ4n) is 3.61. The zero-order chi connectivity index (χ0) is 21.4. The van der Waals surface area contributed by atoms with Crippen molar-refractivity contribution in [2.45, 2.75) is 72.1 Å². The molecule has 2 rings (SSSR count). The molecule has 1 amide bonds. The molecule has 29 heavy (non-hydrogen) atoms. The highest BCUT2D eigenvalue weighted by Crippen LogP contribution is 2.24. The van der Waals surface area contributed by atoms with Gasteiger partial charge in [-0.15, -0.1) is 0 Å². The lowest BCUT2D eigenvalue weighted by Crippen LogP contribution is -2.33. The molecule has 0 saturated carbocycles. The quantitative estimate of drug-likeness (QED) is 0.409. The Morgan fingerprint density at radius 1 is 0.793 bits per heavy atom. The molecular formula is C25H33NO3. The first-order valence-electron chi connectivity index (χ1n) is 10.6. The van der Waals surface area contributed by atoms with Gasteiger partial charge in [-0.25, -0.2) is 0 Å². The third-order valence-corrected chi connectivity index (χ3v) is 5.78. The number of hydrogen-bond donors (Lipinski definition) is 0. The predicted octanol–water partition coefficient (Wildman–Crippen LogP) is 5.38. The van der Waals surface area contributed by atoms with E-state index in [4.69, 9.17) is 0 Å². The number of likely N-dealkylation sites (N-methyl/N-ethyl adjacent to an activating group) is 1. The van der Waals surface area contributed by atoms with E-state index < -0.39 is 0 Å². The van der Waals surface area contributed by atoms with E-state index in [1.165, 1.54) is 17.1 Å². The summed E-state index contributed by atoms with van der Waals surface area (Å²) in [5, 5.41) is 0. The van der Waals surface area contributed by atoms with E-state index in [1.807, 2.05) is 13.8 Å². The topological polar surface area (TPSA) is 54.5 Å². The molecule has 0 atom stereocenters. The zero-order valence-corrected chi connectivity index (χ0v) is 18.2. The molecular weight excluding hydrogens is 362 g/mol. The summed E-state index contributed by atoms with van der Waals surface area (Å²) in [6.07, 6.45) is 17.1. The first kappa shape index (κ1) is 22.8. The number of nitrogens with zero attached hydrogens (tertiary/aromatic N) is 1. The number of fused-ring (bicyclic) bond motifs is 2. The van der Waals surface area contributed by atoms with E-state index in [1.54, 1.807) is 14.0 Å². The van der Waals surface area contributed by atoms with Gasteiger partial charge in [0.1, 0.15) is 0 Å². The molecule has 156 valence electrons. The molecule has 4 heteroatoms. The Morgan fingerprint density at radius 2 is 1.48 bits per heavy atom. The number of Topliss-reactive ketones (excluding diaryl/α,β-unsaturated/α-hetero) is 1. The van der Waals surface area contributed by atoms with Crippen LogP contribution in [-0.4, -0.2) is 29.4 Å². The SMILES string of the molecule is CC1=C\CC/C=C/CCCCCCC2=CC(=O)C=C(C2=O)N(C)C(=O)\C(C)=C\1C. The highest BCUT2D eigenvalue weighted by Gasteiger charge is 2.28. The number of hydrogen-bond acceptors (Lipinski definition) is 3. The maximum Gasteiger partial charge on any atom is 0.254 e. The van der Waals surface area contributed by atoms with E-state index in [-0.39, 0.29) is 23.2 Å². The fraction of sp³-hybridized carbons (Fsp3) is 0.480. The van der Waals surface area contributed by atoms with Crippen LogP contribution < -0.4 is 0 Å². The van der Waals surface area contributed by atoms with E-state index >= 15 is 0 Å². The highest BCUT2D eigenvalue weighted by atomic mass is 16.2. The molecule has 1 aliphatic carbocycles. The number of carbonyl (C=O) groups is 3. The third kappa shape index (κ3) is 6.25. The van der Waals surface area contributed by atoms with Gasteiger partial charge >= 0.3 is 0 Å². The van der Waals surface area contributed by atoms with Crippen molar-refractivity contribution in [1.29, 1.82) is 0 Å². The summed E-state index contributed by atoms with van der Waals surface area (Å²) < 4.78 is 0. The molecule has 0 unspecified atom stereocenters. The van der Waals surface area contributed by atoms with E-state index in [0.29, 0.717) is 17.6 Å². The maximum absolute atomic E-state index is 13.0. The van der Waals surface area contributed by atoms with Gasteiger partial charge in [-0.1, -0.05) is 36.6 Å². The van der Waals surface area contributed by atoms with Crippen LogP contribution in [0.1, 0.15) is 72.1 Å². The van der Waals surface area contributed by atoms with Crippen molar-refractivity contribution in [2.75, 3.05) is 7.05 Å². The first-order chi connectivity index (χ1) is 13.8. The molecule has 0 aromatic rings. The van der Waals surface area contributed by atoms with Crippen molar-refractivity contribution in [2.24, 2.45) is 0 Å². The van der Waals surface area contributed by atoms with Crippen LogP contribution in [0.4, 0.5) is 0 Å². The third-order valence-electron chi connectivity index (χ3n) is 5.78. The van der Waals surface area contributed by atoms with Crippen LogP contribution in [0.2, 0.25) is 0 Å². The summed E-state index contributed by atoms with van der Waals surface area (Å²) >= 11 is 0. The van der Waals surface area contributed by atoms with Crippen LogP contribution in [0.25, 0.3) is 0 Å². The number of allylic oxidation sites excluding steroid dienone is 8. The van der Waals surface area contributed by atoms with Crippen LogP contribution >= 0.6 is 0 Å². The summed E-state index contributed by atoms with van der Waals surface area (Å²) in [5.41, 5.74) is 3.26. The minimum atomic E-state index is -0.248. The summed E-state index contributed by atoms with van der Waals surface area (Å²) in [7, 11) is 1.57. The Hall–Kier alpha value is -2.49. The van der Waals surface area contributed by atoms with Crippen LogP contribution in [0.3, 0.4) is 0 Å². The van der Waals surface area contributed by atoms with Gasteiger partial charge in [-0.2, -0.15) is 0 Å². The van der Waals surface area contributed by atoms with E-state index in [2.05, 4.69) is 18.2 Å². The lowest BCUT2D eigenvalue weighted by Gasteiger charge is -2.24. The summed E-state index contributed by atoms with van der Waals surface area (Å²) in [6.45, 7) is 5.72. The lowest BCUT2D eigenvalue weighted by atomic mass is 9.94. The molecule has 2 aliphatic rings. The van der Waals surface area contributed by atoms with Crippen molar-refractivity contribution >= 4 is 17.5 Å². The molecule has 4 nitrogen and oxygen atoms in total. The molecule has 2 bridgehead atoms. The fourth-order valence-corrected chi connectivity index (χ4v) is 3.61. The molecule has 1 aliphatic heterocycles. The molecule has 0 aromatic heterocycles. The van der Waals surface area contributed by atoms with Crippen LogP contribution in [0.5, 0.6) is 0 Å². The summed E-state index contributed by atoms with van der Waals surface area (Å²) in [5.74, 6) is -0.680. The number of carbonyl (C=O) groups excluding carboxylic acids is 3. The van der Waals surface area contributed by atoms with Crippen molar-refractivity contribution in [3.05, 3.63) is 58.4 Å². The van der Waals surface area contributed by atoms with Gasteiger partial charge in [-0.3, -0.25) is 14.4 Å². The van der Waals surface area contributed by atoms with Crippen molar-refractivity contribution in [3.63, 3.8) is 0 Å². The number of rotatable bonds is 0. The largest absolute Gasteiger partial charge is 0.308 e. The van der Waals surface area contributed by atoms with E-state index in [9.17, 15) is 14.4 Å². The zero-order valence-electron chi connectivity index (χ0n) is 18.2. The minimum Gasteiger partial charge on any atom is -0.308 e. The van der Waals surface area contributed by atoms with Crippen LogP contribution in [-0.2, 0) is 14.4 Å². The average molecular weight is 396 g/mol. The standard InChI is InChI=1S/C25H33NO3/c1-18-14-12-10-8-6-5-7-9-11-13-15-21-16-22(27)17-23(24(21)28)26(4)25(29)20(3)19(18)2/h6,8,14,16-17H,5,7,9-13,15H2,1-4H3/b8-6+,18-14+,20-19+. The molecule has 0 saturated heterocycles. The molecule has 0 N–H and O–H groups in total. The molecule has 1 heterocycles. The second kappa shape index (κ2) is 10.9. The van der Waals surface area contributed by atoms with Gasteiger partial charge < -0.3 is 4.90 Å². The van der Waals surface area contributed by atoms with Crippen LogP contribution in [0, 0.1) is 0 Å². The molecule has 0 fully saturated rings. The van der Waals surface area contributed by atoms with Gasteiger partial charge in [-0.05, 0) is 70.9 Å². The first-order valence-corrected chi connectivity index (χ1v) is 10.6. The normalized spacial score (nSPS) is 26.6. The second-order valence-electron chi connectivity index (χ2n) is 7.93. The van der Waals surface area contributed by atoms with Gasteiger partial charge in [0.2, 0.25) is 5.78 Å². The Kier molecular flexibility index (Phi) is 8.56. The molecule has 0 radical (unpaired) electrons. The van der Waals surface area contributed by atoms with Crippen LogP contribution in [0.15, 0.2) is 58.4 Å². The second-order valence-corrected chi connectivity index (χ2v) is 7.93. The van der Waals surface area contributed by atoms with Gasteiger partial charge in [0.05, 0.1) is 5.70 Å². The predicted molar refractivity (Wildman–Crippen MR) is 117 cm³/mol. The van der Waals surface area contributed by atoms with Gasteiger partial charge in [0, 0.05) is 24.3 Å². The number of amides is 1. The molecule has 0 aromatic carbocycles. The highest BCUT2D eigenvalue weighted by molar-refractivity contribution is 6.21. The summed E-state index contributed by atoms with van der Waals surface area (Å²) in [4.78, 5) is 39.4. The lowest BCUT2D eigenvalue weighted by molar-refractivity contribution is -0.127. The average Bonchev–Trinajstić information content (AvgIpc) is 2.70. The minimum absolute atomic E-state index is 0.174. The summed E-state index contributed by atoms with van der Waals surface area (Å²) in [6, 6.07) is 0. The Balaban J connectivity index is 2.32. The molecule has 0 spiro atoms. The Labute approximate surface area is 174 Å². The Morgan fingerprint density at radius 3 is 2.24 bits per heavy atom. The van der Waals surface area contributed by atoms with Crippen molar-refractivity contribution in [3.8, 4) is 0 Å². The van der Waals surface area contributed by atoms with Crippen molar-refractivity contribution < 1.29 is 14.4 Å². The van der Waals surface area contributed by atoms with E-state index in [0.717, 1.165) is 56.1 Å². The van der Waals surface area contributed by atoms with Gasteiger partial charge in [0.15, 0.2) is 5.78 Å². The maximum atomic E-state index is 13.0. The van der Waals surface area contributed by atoms with Gasteiger partial charge in [0.25, 0.3) is 5.91 Å². The van der Waals surface area contributed by atoms with Crippen molar-refractivity contribution in [1.82, 2.24) is 4.90 Å². The smallest absolute Gasteiger partial charge is 0.254 e. The number of ketones is 2. The monoisotopic (exact) mass is 395 g/mol. The Bertz CT molecular complexity index is 821.